The van der Waals surface area contributed by atoms with Crippen molar-refractivity contribution in [3.05, 3.63) is 51.2 Å². The molecular weight excluding hydrogens is 244 g/mol. The van der Waals surface area contributed by atoms with Crippen LogP contribution >= 0.6 is 22.9 Å². The minimum atomic E-state index is -0.540. The van der Waals surface area contributed by atoms with Crippen LogP contribution in [0.1, 0.15) is 16.5 Å². The van der Waals surface area contributed by atoms with Gasteiger partial charge in [-0.1, -0.05) is 23.7 Å². The summed E-state index contributed by atoms with van der Waals surface area (Å²) in [5, 5.41) is 19.1. The van der Waals surface area contributed by atoms with E-state index in [1.807, 2.05) is 6.07 Å². The molecule has 1 aromatic carbocycles. The fourth-order valence-electron chi connectivity index (χ4n) is 1.46. The van der Waals surface area contributed by atoms with Gasteiger partial charge in [-0.05, 0) is 29.8 Å². The smallest absolute Gasteiger partial charge is 0.115 e. The van der Waals surface area contributed by atoms with Crippen LogP contribution in [0, 0.1) is 0 Å². The molecule has 0 spiro atoms. The monoisotopic (exact) mass is 254 g/mol. The number of phenols is 1. The Morgan fingerprint density at radius 1 is 1.12 bits per heavy atom. The summed E-state index contributed by atoms with van der Waals surface area (Å²) in [6.07, 6.45) is -0.0149. The number of hydrogen-bond donors (Lipinski definition) is 2. The molecular formula is C12H11ClO2S. The number of thiophene rings is 1. The normalized spacial score (nSPS) is 12.6. The Hall–Kier alpha value is -1.03. The van der Waals surface area contributed by atoms with Gasteiger partial charge in [-0.3, -0.25) is 0 Å². The standard InChI is InChI=1S/C12H11ClO2S/c13-12-6-5-11(16-12)10(15)7-8-1-3-9(14)4-2-8/h1-6,10,14-15H,7H2. The van der Waals surface area contributed by atoms with Gasteiger partial charge in [-0.2, -0.15) is 0 Å². The lowest BCUT2D eigenvalue weighted by atomic mass is 10.1. The minimum Gasteiger partial charge on any atom is -0.508 e. The van der Waals surface area contributed by atoms with Crippen LogP contribution < -0.4 is 0 Å². The molecule has 2 nitrogen and oxygen atoms in total. The highest BCUT2D eigenvalue weighted by Gasteiger charge is 2.10. The molecule has 0 aliphatic carbocycles. The molecule has 4 heteroatoms. The van der Waals surface area contributed by atoms with Gasteiger partial charge in [0.1, 0.15) is 5.75 Å². The molecule has 0 amide bonds. The number of aliphatic hydroxyl groups excluding tert-OH is 1. The third-order valence-corrected chi connectivity index (χ3v) is 3.62. The number of aromatic hydroxyl groups is 1. The first kappa shape index (κ1) is 11.5. The van der Waals surface area contributed by atoms with Crippen LogP contribution in [0.3, 0.4) is 0 Å². The second-order valence-electron chi connectivity index (χ2n) is 3.53. The zero-order valence-electron chi connectivity index (χ0n) is 8.43. The van der Waals surface area contributed by atoms with E-state index in [-0.39, 0.29) is 5.75 Å². The zero-order chi connectivity index (χ0) is 11.5. The molecule has 0 saturated heterocycles. The zero-order valence-corrected chi connectivity index (χ0v) is 10.0. The van der Waals surface area contributed by atoms with E-state index in [1.54, 1.807) is 30.3 Å². The van der Waals surface area contributed by atoms with Gasteiger partial charge < -0.3 is 10.2 Å². The topological polar surface area (TPSA) is 40.5 Å². The lowest BCUT2D eigenvalue weighted by molar-refractivity contribution is 0.182. The van der Waals surface area contributed by atoms with E-state index >= 15 is 0 Å². The summed E-state index contributed by atoms with van der Waals surface area (Å²) in [4.78, 5) is 0.859. The van der Waals surface area contributed by atoms with Crippen LogP contribution in [0.25, 0.3) is 0 Å². The van der Waals surface area contributed by atoms with Crippen molar-refractivity contribution in [2.45, 2.75) is 12.5 Å². The molecule has 0 fully saturated rings. The number of phenolic OH excluding ortho intramolecular Hbond substituents is 1. The van der Waals surface area contributed by atoms with Crippen LogP contribution in [0.5, 0.6) is 5.75 Å². The summed E-state index contributed by atoms with van der Waals surface area (Å²) in [5.41, 5.74) is 0.981. The molecule has 1 aromatic heterocycles. The fourth-order valence-corrected chi connectivity index (χ4v) is 2.51. The predicted molar refractivity (Wildman–Crippen MR) is 66.1 cm³/mol. The van der Waals surface area contributed by atoms with Crippen LogP contribution in [-0.4, -0.2) is 10.2 Å². The summed E-state index contributed by atoms with van der Waals surface area (Å²) in [6.45, 7) is 0. The Morgan fingerprint density at radius 2 is 1.81 bits per heavy atom. The van der Waals surface area contributed by atoms with Crippen LogP contribution in [0.15, 0.2) is 36.4 Å². The summed E-state index contributed by atoms with van der Waals surface area (Å²) in [7, 11) is 0. The number of halogens is 1. The Kier molecular flexibility index (Phi) is 3.49. The molecule has 2 N–H and O–H groups in total. The van der Waals surface area contributed by atoms with Crippen LogP contribution in [0.2, 0.25) is 4.34 Å². The Balaban J connectivity index is 2.07. The quantitative estimate of drug-likeness (QED) is 0.882. The van der Waals surface area contributed by atoms with Gasteiger partial charge in [0.2, 0.25) is 0 Å². The van der Waals surface area contributed by atoms with E-state index in [9.17, 15) is 5.11 Å². The van der Waals surface area contributed by atoms with E-state index in [4.69, 9.17) is 16.7 Å². The molecule has 1 atom stereocenters. The maximum absolute atomic E-state index is 9.95. The van der Waals surface area contributed by atoms with Crippen molar-refractivity contribution in [1.29, 1.82) is 0 Å². The van der Waals surface area contributed by atoms with Gasteiger partial charge in [-0.25, -0.2) is 0 Å². The fraction of sp³-hybridized carbons (Fsp3) is 0.167. The van der Waals surface area contributed by atoms with Gasteiger partial charge in [-0.15, -0.1) is 11.3 Å². The molecule has 2 aromatic rings. The molecule has 2 rings (SSSR count). The Bertz CT molecular complexity index is 464. The van der Waals surface area contributed by atoms with Crippen molar-refractivity contribution in [3.63, 3.8) is 0 Å². The van der Waals surface area contributed by atoms with Crippen molar-refractivity contribution in [3.8, 4) is 5.75 Å². The maximum atomic E-state index is 9.95. The largest absolute Gasteiger partial charge is 0.508 e. The van der Waals surface area contributed by atoms with Crippen molar-refractivity contribution in [2.24, 2.45) is 0 Å². The number of aliphatic hydroxyl groups is 1. The molecule has 0 radical (unpaired) electrons. The van der Waals surface area contributed by atoms with Gasteiger partial charge in [0.05, 0.1) is 10.4 Å². The number of rotatable bonds is 3. The van der Waals surface area contributed by atoms with Gasteiger partial charge in [0, 0.05) is 11.3 Å². The molecule has 1 unspecified atom stereocenters. The summed E-state index contributed by atoms with van der Waals surface area (Å²) in [5.74, 6) is 0.234. The van der Waals surface area contributed by atoms with Gasteiger partial charge in [0.25, 0.3) is 0 Å². The van der Waals surface area contributed by atoms with Crippen molar-refractivity contribution in [2.75, 3.05) is 0 Å². The minimum absolute atomic E-state index is 0.234. The van der Waals surface area contributed by atoms with Crippen molar-refractivity contribution < 1.29 is 10.2 Å². The second kappa shape index (κ2) is 4.87. The number of hydrogen-bond acceptors (Lipinski definition) is 3. The first-order valence-electron chi connectivity index (χ1n) is 4.86. The average Bonchev–Trinajstić information content (AvgIpc) is 2.68. The molecule has 0 aliphatic rings. The first-order valence-corrected chi connectivity index (χ1v) is 6.06. The molecule has 0 saturated carbocycles. The average molecular weight is 255 g/mol. The number of benzene rings is 1. The third kappa shape index (κ3) is 2.76. The van der Waals surface area contributed by atoms with E-state index in [0.717, 1.165) is 10.4 Å². The third-order valence-electron chi connectivity index (χ3n) is 2.29. The van der Waals surface area contributed by atoms with Gasteiger partial charge in [0.15, 0.2) is 0 Å². The molecule has 16 heavy (non-hydrogen) atoms. The van der Waals surface area contributed by atoms with Crippen LogP contribution in [-0.2, 0) is 6.42 Å². The SMILES string of the molecule is Oc1ccc(CC(O)c2ccc(Cl)s2)cc1. The maximum Gasteiger partial charge on any atom is 0.115 e. The lowest BCUT2D eigenvalue weighted by Crippen LogP contribution is -1.98. The summed E-state index contributed by atoms with van der Waals surface area (Å²) >= 11 is 7.19. The summed E-state index contributed by atoms with van der Waals surface area (Å²) in [6, 6.07) is 10.4. The van der Waals surface area contributed by atoms with E-state index in [0.29, 0.717) is 10.8 Å². The van der Waals surface area contributed by atoms with Crippen LogP contribution in [0.4, 0.5) is 0 Å². The molecule has 1 heterocycles. The highest BCUT2D eigenvalue weighted by molar-refractivity contribution is 7.16. The lowest BCUT2D eigenvalue weighted by Gasteiger charge is -2.08. The van der Waals surface area contributed by atoms with Crippen molar-refractivity contribution in [1.82, 2.24) is 0 Å². The van der Waals surface area contributed by atoms with E-state index < -0.39 is 6.10 Å². The Morgan fingerprint density at radius 3 is 2.38 bits per heavy atom. The molecule has 0 bridgehead atoms. The molecule has 84 valence electrons. The highest BCUT2D eigenvalue weighted by atomic mass is 35.5. The molecule has 0 aliphatic heterocycles. The highest BCUT2D eigenvalue weighted by Crippen LogP contribution is 2.29. The second-order valence-corrected chi connectivity index (χ2v) is 5.27. The first-order chi connectivity index (χ1) is 7.65. The van der Waals surface area contributed by atoms with E-state index in [2.05, 4.69) is 0 Å². The predicted octanol–water partition coefficient (Wildman–Crippen LogP) is 3.38. The van der Waals surface area contributed by atoms with Gasteiger partial charge >= 0.3 is 0 Å². The van der Waals surface area contributed by atoms with Crippen molar-refractivity contribution >= 4 is 22.9 Å². The Labute approximate surface area is 103 Å². The summed E-state index contributed by atoms with van der Waals surface area (Å²) < 4.78 is 0.680. The van der Waals surface area contributed by atoms with E-state index in [1.165, 1.54) is 11.3 Å².